The molecule has 0 atom stereocenters. The van der Waals surface area contributed by atoms with Gasteiger partial charge in [0.15, 0.2) is 10.8 Å². The van der Waals surface area contributed by atoms with E-state index in [2.05, 4.69) is 4.98 Å². The van der Waals surface area contributed by atoms with E-state index in [0.717, 1.165) is 0 Å². The predicted molar refractivity (Wildman–Crippen MR) is 129 cm³/mol. The van der Waals surface area contributed by atoms with Crippen molar-refractivity contribution in [3.8, 4) is 5.75 Å². The molecule has 1 aliphatic rings. The Balaban J connectivity index is 1.83. The number of ketones is 1. The van der Waals surface area contributed by atoms with Crippen molar-refractivity contribution in [1.82, 2.24) is 9.55 Å². The molecular weight excluding hydrogens is 468 g/mol. The van der Waals surface area contributed by atoms with E-state index in [1.54, 1.807) is 35.8 Å². The van der Waals surface area contributed by atoms with Crippen LogP contribution in [0.15, 0.2) is 52.5 Å². The van der Waals surface area contributed by atoms with Crippen LogP contribution >= 0.6 is 0 Å². The maximum absolute atomic E-state index is 13.5. The van der Waals surface area contributed by atoms with Crippen LogP contribution in [-0.4, -0.2) is 41.9 Å². The Labute approximate surface area is 204 Å². The largest absolute Gasteiger partial charge is 0.497 e. The number of Topliss-reactive ketones (excluding diaryl/α,β-unsaturated/α-hetero) is 1. The zero-order chi connectivity index (χ0) is 25.5. The first kappa shape index (κ1) is 24.7. The van der Waals surface area contributed by atoms with Crippen molar-refractivity contribution in [3.05, 3.63) is 70.7 Å². The van der Waals surface area contributed by atoms with Crippen molar-refractivity contribution in [2.24, 2.45) is 5.41 Å². The van der Waals surface area contributed by atoms with Gasteiger partial charge < -0.3 is 14.4 Å². The molecule has 0 fully saturated rings. The van der Waals surface area contributed by atoms with Crippen LogP contribution < -0.4 is 4.74 Å². The fourth-order valence-electron chi connectivity index (χ4n) is 4.83. The molecule has 1 aromatic carbocycles. The number of pyridine rings is 1. The number of fused-ring (bicyclic) bond motifs is 1. The molecule has 184 valence electrons. The third-order valence-electron chi connectivity index (χ3n) is 6.46. The average Bonchev–Trinajstić information content (AvgIpc) is 3.04. The summed E-state index contributed by atoms with van der Waals surface area (Å²) in [7, 11) is -2.44. The van der Waals surface area contributed by atoms with Gasteiger partial charge in [0.25, 0.3) is 0 Å². The Morgan fingerprint density at radius 3 is 2.49 bits per heavy atom. The lowest BCUT2D eigenvalue weighted by Crippen LogP contribution is -2.29. The predicted octanol–water partition coefficient (Wildman–Crippen LogP) is 3.86. The quantitative estimate of drug-likeness (QED) is 0.528. The number of carbonyl (C=O) groups excluding carboxylic acids is 1. The summed E-state index contributed by atoms with van der Waals surface area (Å²) < 4.78 is 33.7. The Bertz CT molecular complexity index is 1420. The van der Waals surface area contributed by atoms with Crippen LogP contribution in [-0.2, 0) is 34.0 Å². The third kappa shape index (κ3) is 4.60. The summed E-state index contributed by atoms with van der Waals surface area (Å²) in [5, 5.41) is 9.41. The zero-order valence-corrected chi connectivity index (χ0v) is 21.0. The Morgan fingerprint density at radius 1 is 1.17 bits per heavy atom. The molecule has 0 aliphatic heterocycles. The molecule has 0 amide bonds. The highest BCUT2D eigenvalue weighted by Crippen LogP contribution is 2.40. The highest BCUT2D eigenvalue weighted by atomic mass is 32.2. The molecule has 3 aromatic rings. The summed E-state index contributed by atoms with van der Waals surface area (Å²) >= 11 is 0. The lowest BCUT2D eigenvalue weighted by atomic mass is 9.75. The molecule has 9 heteroatoms. The van der Waals surface area contributed by atoms with Crippen molar-refractivity contribution in [2.45, 2.75) is 56.5 Å². The molecule has 4 rings (SSSR count). The van der Waals surface area contributed by atoms with Gasteiger partial charge in [-0.15, -0.1) is 0 Å². The molecule has 0 bridgehead atoms. The molecular formula is C26H28N2O6S. The van der Waals surface area contributed by atoms with Crippen LogP contribution in [0.25, 0.3) is 0 Å². The zero-order valence-electron chi connectivity index (χ0n) is 20.2. The van der Waals surface area contributed by atoms with E-state index in [1.165, 1.54) is 25.4 Å². The van der Waals surface area contributed by atoms with Gasteiger partial charge >= 0.3 is 5.97 Å². The van der Waals surface area contributed by atoms with E-state index in [4.69, 9.17) is 4.74 Å². The summed E-state index contributed by atoms with van der Waals surface area (Å²) in [5.74, 6) is -0.520. The SMILES string of the molecule is COc1ccc(S(=O)(=O)c2ncccc2Cc2c3c(n(CC(=O)O)c2C)CC(C)(C)CC3=O)cc1. The number of ether oxygens (including phenoxy) is 1. The summed E-state index contributed by atoms with van der Waals surface area (Å²) in [6.45, 7) is 5.50. The number of carboxylic acid groups (broad SMARTS) is 1. The van der Waals surface area contributed by atoms with Crippen LogP contribution in [0.4, 0.5) is 0 Å². The minimum absolute atomic E-state index is 0.0538. The Hall–Kier alpha value is -3.46. The van der Waals surface area contributed by atoms with E-state index >= 15 is 0 Å². The van der Waals surface area contributed by atoms with E-state index in [9.17, 15) is 23.1 Å². The molecule has 1 aliphatic carbocycles. The van der Waals surface area contributed by atoms with Gasteiger partial charge in [-0.25, -0.2) is 13.4 Å². The molecule has 0 saturated carbocycles. The van der Waals surface area contributed by atoms with Crippen molar-refractivity contribution >= 4 is 21.6 Å². The van der Waals surface area contributed by atoms with Gasteiger partial charge in [-0.05, 0) is 60.2 Å². The van der Waals surface area contributed by atoms with Crippen LogP contribution in [0, 0.1) is 12.3 Å². The van der Waals surface area contributed by atoms with Gasteiger partial charge in [-0.2, -0.15) is 0 Å². The molecule has 8 nitrogen and oxygen atoms in total. The normalized spacial score (nSPS) is 15.0. The second kappa shape index (κ2) is 8.96. The highest BCUT2D eigenvalue weighted by Gasteiger charge is 2.37. The number of nitrogens with zero attached hydrogens (tertiary/aromatic N) is 2. The second-order valence-corrected chi connectivity index (χ2v) is 11.5. The summed E-state index contributed by atoms with van der Waals surface area (Å²) in [6, 6.07) is 9.42. The molecule has 0 radical (unpaired) electrons. The van der Waals surface area contributed by atoms with Crippen LogP contribution in [0.5, 0.6) is 5.75 Å². The number of sulfone groups is 1. The molecule has 0 saturated heterocycles. The number of aliphatic carboxylic acids is 1. The number of carbonyl (C=O) groups is 2. The van der Waals surface area contributed by atoms with E-state index in [1.807, 2.05) is 13.8 Å². The summed E-state index contributed by atoms with van der Waals surface area (Å²) in [5.41, 5.74) is 2.67. The average molecular weight is 497 g/mol. The lowest BCUT2D eigenvalue weighted by Gasteiger charge is -2.30. The Morgan fingerprint density at radius 2 is 1.86 bits per heavy atom. The molecule has 2 aromatic heterocycles. The molecule has 1 N–H and O–H groups in total. The Kier molecular flexibility index (Phi) is 6.31. The van der Waals surface area contributed by atoms with Crippen molar-refractivity contribution in [3.63, 3.8) is 0 Å². The van der Waals surface area contributed by atoms with E-state index in [-0.39, 0.29) is 34.1 Å². The fraction of sp³-hybridized carbons (Fsp3) is 0.346. The second-order valence-electron chi connectivity index (χ2n) is 9.63. The van der Waals surface area contributed by atoms with Crippen LogP contribution in [0.2, 0.25) is 0 Å². The van der Waals surface area contributed by atoms with Crippen molar-refractivity contribution in [2.75, 3.05) is 7.11 Å². The number of benzene rings is 1. The highest BCUT2D eigenvalue weighted by molar-refractivity contribution is 7.91. The van der Waals surface area contributed by atoms with Crippen LogP contribution in [0.1, 0.15) is 53.1 Å². The number of rotatable bonds is 7. The number of hydrogen-bond acceptors (Lipinski definition) is 6. The molecule has 0 unspecified atom stereocenters. The van der Waals surface area contributed by atoms with Gasteiger partial charge in [0.05, 0.1) is 12.0 Å². The minimum Gasteiger partial charge on any atom is -0.497 e. The third-order valence-corrected chi connectivity index (χ3v) is 8.23. The number of methoxy groups -OCH3 is 1. The first-order valence-corrected chi connectivity index (χ1v) is 12.7. The smallest absolute Gasteiger partial charge is 0.323 e. The standard InChI is InChI=1S/C26H28N2O6S/c1-16-20(24-21(28(16)15-23(30)31)13-26(2,3)14-22(24)29)12-17-6-5-11-27-25(17)35(32,33)19-9-7-18(34-4)8-10-19/h5-11H,12-15H2,1-4H3,(H,30,31). The first-order valence-electron chi connectivity index (χ1n) is 11.2. The van der Waals surface area contributed by atoms with E-state index in [0.29, 0.717) is 46.7 Å². The number of hydrogen-bond donors (Lipinski definition) is 1. The monoisotopic (exact) mass is 496 g/mol. The summed E-state index contributed by atoms with van der Waals surface area (Å²) in [6.07, 6.45) is 2.47. The lowest BCUT2D eigenvalue weighted by molar-refractivity contribution is -0.137. The summed E-state index contributed by atoms with van der Waals surface area (Å²) in [4.78, 5) is 29.1. The molecule has 35 heavy (non-hydrogen) atoms. The van der Waals surface area contributed by atoms with Gasteiger partial charge in [0.1, 0.15) is 12.3 Å². The minimum atomic E-state index is -3.95. The van der Waals surface area contributed by atoms with Crippen molar-refractivity contribution < 1.29 is 27.9 Å². The van der Waals surface area contributed by atoms with Crippen molar-refractivity contribution in [1.29, 1.82) is 0 Å². The first-order chi connectivity index (χ1) is 16.4. The molecule has 0 spiro atoms. The topological polar surface area (TPSA) is 116 Å². The fourth-order valence-corrected chi connectivity index (χ4v) is 6.23. The number of carboxylic acids is 1. The number of aromatic nitrogens is 2. The van der Waals surface area contributed by atoms with Gasteiger partial charge in [0.2, 0.25) is 9.84 Å². The van der Waals surface area contributed by atoms with Gasteiger partial charge in [0, 0.05) is 36.0 Å². The maximum atomic E-state index is 13.5. The maximum Gasteiger partial charge on any atom is 0.323 e. The molecule has 2 heterocycles. The van der Waals surface area contributed by atoms with E-state index < -0.39 is 15.8 Å². The van der Waals surface area contributed by atoms with Gasteiger partial charge in [-0.1, -0.05) is 19.9 Å². The van der Waals surface area contributed by atoms with Crippen LogP contribution in [0.3, 0.4) is 0 Å². The van der Waals surface area contributed by atoms with Gasteiger partial charge in [-0.3, -0.25) is 9.59 Å².